The summed E-state index contributed by atoms with van der Waals surface area (Å²) in [6.45, 7) is 4.30. The number of nitrogens with one attached hydrogen (secondary N) is 1. The largest absolute Gasteiger partial charge is 0.351 e. The highest BCUT2D eigenvalue weighted by Crippen LogP contribution is 2.29. The second kappa shape index (κ2) is 7.98. The van der Waals surface area contributed by atoms with Gasteiger partial charge in [0.05, 0.1) is 6.04 Å². The number of hydrogen-bond acceptors (Lipinski definition) is 3. The van der Waals surface area contributed by atoms with E-state index < -0.39 is 0 Å². The van der Waals surface area contributed by atoms with Crippen LogP contribution in [-0.4, -0.2) is 29.0 Å². The minimum Gasteiger partial charge on any atom is -0.351 e. The number of hydrogen-bond donors (Lipinski definition) is 2. The lowest BCUT2D eigenvalue weighted by Gasteiger charge is -2.22. The summed E-state index contributed by atoms with van der Waals surface area (Å²) in [4.78, 5) is 11.9. The van der Waals surface area contributed by atoms with Gasteiger partial charge in [-0.3, -0.25) is 4.79 Å². The van der Waals surface area contributed by atoms with E-state index in [1.54, 1.807) is 0 Å². The maximum absolute atomic E-state index is 11.9. The fourth-order valence-electron chi connectivity index (χ4n) is 2.35. The number of unbranched alkanes of at least 4 members (excludes halogenated alkanes) is 1. The molecule has 0 aromatic rings. The molecule has 2 unspecified atom stereocenters. The summed E-state index contributed by atoms with van der Waals surface area (Å²) >= 11 is 1.96. The molecule has 0 aromatic heterocycles. The van der Waals surface area contributed by atoms with Gasteiger partial charge in [0.15, 0.2) is 0 Å². The Labute approximate surface area is 109 Å². The minimum atomic E-state index is -0.317. The highest BCUT2D eigenvalue weighted by Gasteiger charge is 2.29. The molecule has 1 amide bonds. The molecule has 3 atom stereocenters. The molecule has 1 aliphatic rings. The Balaban J connectivity index is 2.33. The van der Waals surface area contributed by atoms with Crippen LogP contribution in [0.2, 0.25) is 0 Å². The third-order valence-corrected chi connectivity index (χ3v) is 4.69. The molecule has 100 valence electrons. The normalized spacial score (nSPS) is 25.8. The molecule has 4 heteroatoms. The molecular weight excluding hydrogens is 232 g/mol. The van der Waals surface area contributed by atoms with E-state index in [1.807, 2.05) is 11.8 Å². The van der Waals surface area contributed by atoms with Crippen LogP contribution < -0.4 is 11.1 Å². The molecule has 1 saturated carbocycles. The van der Waals surface area contributed by atoms with E-state index in [1.165, 1.54) is 12.8 Å². The summed E-state index contributed by atoms with van der Waals surface area (Å²) in [6.07, 6.45) is 6.51. The predicted octanol–water partition coefficient (Wildman–Crippen LogP) is 2.29. The topological polar surface area (TPSA) is 55.1 Å². The predicted molar refractivity (Wildman–Crippen MR) is 75.2 cm³/mol. The summed E-state index contributed by atoms with van der Waals surface area (Å²) < 4.78 is 0. The van der Waals surface area contributed by atoms with Gasteiger partial charge in [0.1, 0.15) is 0 Å². The Hall–Kier alpha value is -0.220. The lowest BCUT2D eigenvalue weighted by molar-refractivity contribution is -0.123. The number of thioether (sulfide) groups is 1. The van der Waals surface area contributed by atoms with Crippen molar-refractivity contribution in [2.24, 2.45) is 5.73 Å². The molecule has 0 spiro atoms. The quantitative estimate of drug-likeness (QED) is 0.736. The number of amides is 1. The average molecular weight is 258 g/mol. The Morgan fingerprint density at radius 2 is 2.24 bits per heavy atom. The maximum Gasteiger partial charge on any atom is 0.237 e. The molecule has 0 radical (unpaired) electrons. The van der Waals surface area contributed by atoms with E-state index in [2.05, 4.69) is 19.2 Å². The van der Waals surface area contributed by atoms with E-state index in [-0.39, 0.29) is 11.9 Å². The fourth-order valence-corrected chi connectivity index (χ4v) is 3.55. The van der Waals surface area contributed by atoms with Crippen molar-refractivity contribution < 1.29 is 4.79 Å². The second-order valence-corrected chi connectivity index (χ2v) is 6.30. The molecule has 3 nitrogen and oxygen atoms in total. The van der Waals surface area contributed by atoms with Crippen molar-refractivity contribution in [2.75, 3.05) is 5.75 Å². The van der Waals surface area contributed by atoms with Gasteiger partial charge in [-0.1, -0.05) is 33.1 Å². The molecule has 1 aliphatic carbocycles. The zero-order valence-electron chi connectivity index (χ0n) is 11.1. The van der Waals surface area contributed by atoms with Crippen LogP contribution in [0.3, 0.4) is 0 Å². The average Bonchev–Trinajstić information content (AvgIpc) is 2.74. The van der Waals surface area contributed by atoms with Crippen molar-refractivity contribution >= 4 is 17.7 Å². The maximum atomic E-state index is 11.9. The molecule has 0 bridgehead atoms. The van der Waals surface area contributed by atoms with Crippen LogP contribution >= 0.6 is 11.8 Å². The van der Waals surface area contributed by atoms with Crippen molar-refractivity contribution in [2.45, 2.75) is 69.7 Å². The Morgan fingerprint density at radius 3 is 2.88 bits per heavy atom. The fraction of sp³-hybridized carbons (Fsp3) is 0.923. The van der Waals surface area contributed by atoms with Crippen LogP contribution in [-0.2, 0) is 4.79 Å². The van der Waals surface area contributed by atoms with Crippen molar-refractivity contribution in [1.82, 2.24) is 5.32 Å². The molecule has 0 heterocycles. The van der Waals surface area contributed by atoms with Gasteiger partial charge in [-0.25, -0.2) is 0 Å². The third kappa shape index (κ3) is 4.88. The van der Waals surface area contributed by atoms with Gasteiger partial charge in [0.25, 0.3) is 0 Å². The van der Waals surface area contributed by atoms with Gasteiger partial charge in [0.2, 0.25) is 5.91 Å². The molecular formula is C13H26N2OS. The van der Waals surface area contributed by atoms with Gasteiger partial charge in [-0.05, 0) is 25.0 Å². The zero-order valence-corrected chi connectivity index (χ0v) is 11.9. The number of carbonyl (C=O) groups excluding carboxylic acids is 1. The first kappa shape index (κ1) is 14.8. The highest BCUT2D eigenvalue weighted by molar-refractivity contribution is 7.99. The summed E-state index contributed by atoms with van der Waals surface area (Å²) in [6, 6.07) is 0.0305. The number of rotatable bonds is 7. The first-order valence-corrected chi connectivity index (χ1v) is 7.91. The standard InChI is InChI=1S/C13H26N2OS/c1-3-5-7-10(14)13(16)15-11-8-6-9-12(11)17-4-2/h10-12H,3-9,14H2,1-2H3,(H,15,16)/t10-,11?,12?/m0/s1. The Bertz CT molecular complexity index is 235. The van der Waals surface area contributed by atoms with Crippen LogP contribution in [0, 0.1) is 0 Å². The van der Waals surface area contributed by atoms with Crippen LogP contribution in [0.25, 0.3) is 0 Å². The monoisotopic (exact) mass is 258 g/mol. The third-order valence-electron chi connectivity index (χ3n) is 3.37. The Morgan fingerprint density at radius 1 is 1.47 bits per heavy atom. The molecule has 3 N–H and O–H groups in total. The SMILES string of the molecule is CCCC[C@H](N)C(=O)NC1CCCC1SCC. The highest BCUT2D eigenvalue weighted by atomic mass is 32.2. The van der Waals surface area contributed by atoms with Gasteiger partial charge < -0.3 is 11.1 Å². The first-order valence-electron chi connectivity index (χ1n) is 6.86. The zero-order chi connectivity index (χ0) is 12.7. The van der Waals surface area contributed by atoms with E-state index in [0.717, 1.165) is 31.4 Å². The van der Waals surface area contributed by atoms with Crippen molar-refractivity contribution in [1.29, 1.82) is 0 Å². The second-order valence-electron chi connectivity index (χ2n) is 4.79. The van der Waals surface area contributed by atoms with Gasteiger partial charge in [-0.2, -0.15) is 11.8 Å². The molecule has 0 aliphatic heterocycles. The summed E-state index contributed by atoms with van der Waals surface area (Å²) in [5, 5.41) is 3.74. The molecule has 1 fully saturated rings. The van der Waals surface area contributed by atoms with Crippen LogP contribution in [0.15, 0.2) is 0 Å². The molecule has 0 saturated heterocycles. The Kier molecular flexibility index (Phi) is 6.97. The van der Waals surface area contributed by atoms with Crippen LogP contribution in [0.5, 0.6) is 0 Å². The summed E-state index contributed by atoms with van der Waals surface area (Å²) in [7, 11) is 0. The van der Waals surface area contributed by atoms with Gasteiger partial charge in [0, 0.05) is 11.3 Å². The summed E-state index contributed by atoms with van der Waals surface area (Å²) in [5.74, 6) is 1.17. The van der Waals surface area contributed by atoms with E-state index >= 15 is 0 Å². The van der Waals surface area contributed by atoms with E-state index in [0.29, 0.717) is 11.3 Å². The number of carbonyl (C=O) groups is 1. The van der Waals surface area contributed by atoms with Crippen LogP contribution in [0.4, 0.5) is 0 Å². The van der Waals surface area contributed by atoms with E-state index in [9.17, 15) is 4.79 Å². The summed E-state index contributed by atoms with van der Waals surface area (Å²) in [5.41, 5.74) is 5.88. The van der Waals surface area contributed by atoms with Crippen molar-refractivity contribution in [3.63, 3.8) is 0 Å². The van der Waals surface area contributed by atoms with Crippen LogP contribution in [0.1, 0.15) is 52.4 Å². The molecule has 1 rings (SSSR count). The van der Waals surface area contributed by atoms with E-state index in [4.69, 9.17) is 5.73 Å². The minimum absolute atomic E-state index is 0.0482. The van der Waals surface area contributed by atoms with Gasteiger partial charge in [-0.15, -0.1) is 0 Å². The van der Waals surface area contributed by atoms with Gasteiger partial charge >= 0.3 is 0 Å². The lowest BCUT2D eigenvalue weighted by atomic mass is 10.1. The van der Waals surface area contributed by atoms with Crippen molar-refractivity contribution in [3.05, 3.63) is 0 Å². The number of nitrogens with two attached hydrogens (primary N) is 1. The lowest BCUT2D eigenvalue weighted by Crippen LogP contribution is -2.47. The first-order chi connectivity index (χ1) is 8.19. The molecule has 17 heavy (non-hydrogen) atoms. The molecule has 0 aromatic carbocycles. The van der Waals surface area contributed by atoms with Crippen molar-refractivity contribution in [3.8, 4) is 0 Å². The smallest absolute Gasteiger partial charge is 0.237 e.